The minimum Gasteiger partial charge on any atom is -0.456 e. The molecule has 0 bridgehead atoms. The van der Waals surface area contributed by atoms with Gasteiger partial charge in [0.2, 0.25) is 0 Å². The molecule has 0 aliphatic rings. The molecule has 0 aliphatic heterocycles. The highest BCUT2D eigenvalue weighted by Gasteiger charge is 2.20. The second-order valence-electron chi connectivity index (χ2n) is 14.5. The van der Waals surface area contributed by atoms with Crippen molar-refractivity contribution >= 4 is 71.3 Å². The number of nitrogens with zero attached hydrogens (tertiary/aromatic N) is 1. The van der Waals surface area contributed by atoms with E-state index in [4.69, 9.17) is 4.42 Å². The molecule has 2 heteroatoms. The SMILES string of the molecule is c1cc(-c2ccccc2N(c2ccc(-c3cc4ccccc4c4ccccc34)cc2)c2ccc3oc4ccccc4c3c2)cc(-c2cccc3ccccc23)c1. The summed E-state index contributed by atoms with van der Waals surface area (Å²) in [5.74, 6) is 0. The molecule has 262 valence electrons. The van der Waals surface area contributed by atoms with Crippen molar-refractivity contribution in [3.8, 4) is 33.4 Å². The molecule has 56 heavy (non-hydrogen) atoms. The van der Waals surface area contributed by atoms with Gasteiger partial charge in [-0.3, -0.25) is 0 Å². The first kappa shape index (κ1) is 32.0. The van der Waals surface area contributed by atoms with E-state index in [2.05, 4.69) is 205 Å². The molecular weight excluding hydrogens is 679 g/mol. The minimum atomic E-state index is 0.879. The number of hydrogen-bond donors (Lipinski definition) is 0. The van der Waals surface area contributed by atoms with Crippen LogP contribution in [0.15, 0.2) is 217 Å². The van der Waals surface area contributed by atoms with Crippen LogP contribution in [0.4, 0.5) is 17.1 Å². The van der Waals surface area contributed by atoms with E-state index in [9.17, 15) is 0 Å². The predicted octanol–water partition coefficient (Wildman–Crippen LogP) is 15.5. The molecular formula is C54H35NO. The summed E-state index contributed by atoms with van der Waals surface area (Å²) in [5.41, 5.74) is 12.1. The van der Waals surface area contributed by atoms with Crippen LogP contribution in [0, 0.1) is 0 Å². The third-order valence-electron chi connectivity index (χ3n) is 11.2. The van der Waals surface area contributed by atoms with Crippen molar-refractivity contribution in [2.75, 3.05) is 4.90 Å². The highest BCUT2D eigenvalue weighted by atomic mass is 16.3. The summed E-state index contributed by atoms with van der Waals surface area (Å²) in [5, 5.41) is 9.74. The Morgan fingerprint density at radius 1 is 0.286 bits per heavy atom. The molecule has 1 heterocycles. The van der Waals surface area contributed by atoms with E-state index in [-0.39, 0.29) is 0 Å². The number of benzene rings is 10. The summed E-state index contributed by atoms with van der Waals surface area (Å²) in [6, 6.07) is 76.6. The van der Waals surface area contributed by atoms with E-state index in [0.717, 1.165) is 50.1 Å². The van der Waals surface area contributed by atoms with Crippen molar-refractivity contribution in [1.82, 2.24) is 0 Å². The third kappa shape index (κ3) is 5.34. The zero-order valence-electron chi connectivity index (χ0n) is 30.6. The van der Waals surface area contributed by atoms with Gasteiger partial charge in [-0.25, -0.2) is 0 Å². The van der Waals surface area contributed by atoms with Gasteiger partial charge in [0.25, 0.3) is 0 Å². The number of furan rings is 1. The molecule has 11 rings (SSSR count). The van der Waals surface area contributed by atoms with Gasteiger partial charge >= 0.3 is 0 Å². The summed E-state index contributed by atoms with van der Waals surface area (Å²) in [6.07, 6.45) is 0. The lowest BCUT2D eigenvalue weighted by Crippen LogP contribution is -2.11. The van der Waals surface area contributed by atoms with E-state index in [1.165, 1.54) is 54.6 Å². The van der Waals surface area contributed by atoms with Crippen molar-refractivity contribution < 1.29 is 4.42 Å². The van der Waals surface area contributed by atoms with Gasteiger partial charge in [0.15, 0.2) is 0 Å². The summed E-state index contributed by atoms with van der Waals surface area (Å²) in [7, 11) is 0. The summed E-state index contributed by atoms with van der Waals surface area (Å²) < 4.78 is 6.29. The maximum absolute atomic E-state index is 6.29. The Kier molecular flexibility index (Phi) is 7.53. The van der Waals surface area contributed by atoms with E-state index < -0.39 is 0 Å². The molecule has 0 aliphatic carbocycles. The fourth-order valence-electron chi connectivity index (χ4n) is 8.61. The number of fused-ring (bicyclic) bond motifs is 7. The molecule has 0 saturated carbocycles. The van der Waals surface area contributed by atoms with Crippen LogP contribution in [0.3, 0.4) is 0 Å². The lowest BCUT2D eigenvalue weighted by atomic mass is 9.93. The molecule has 0 amide bonds. The first-order valence-corrected chi connectivity index (χ1v) is 19.2. The first-order chi connectivity index (χ1) is 27.8. The van der Waals surface area contributed by atoms with E-state index in [1.807, 2.05) is 12.1 Å². The average molecular weight is 714 g/mol. The molecule has 0 fully saturated rings. The fraction of sp³-hybridized carbons (Fsp3) is 0. The monoisotopic (exact) mass is 713 g/mol. The molecule has 1 aromatic heterocycles. The van der Waals surface area contributed by atoms with Gasteiger partial charge < -0.3 is 9.32 Å². The van der Waals surface area contributed by atoms with E-state index in [0.29, 0.717) is 0 Å². The summed E-state index contributed by atoms with van der Waals surface area (Å²) >= 11 is 0. The van der Waals surface area contributed by atoms with Crippen LogP contribution in [-0.4, -0.2) is 0 Å². The topological polar surface area (TPSA) is 16.4 Å². The van der Waals surface area contributed by atoms with Gasteiger partial charge in [-0.2, -0.15) is 0 Å². The van der Waals surface area contributed by atoms with Crippen LogP contribution < -0.4 is 4.90 Å². The van der Waals surface area contributed by atoms with Gasteiger partial charge in [0.1, 0.15) is 11.2 Å². The molecule has 0 unspecified atom stereocenters. The van der Waals surface area contributed by atoms with Gasteiger partial charge in [-0.1, -0.05) is 158 Å². The maximum atomic E-state index is 6.29. The minimum absolute atomic E-state index is 0.879. The molecule has 2 nitrogen and oxygen atoms in total. The van der Waals surface area contributed by atoms with Gasteiger partial charge in [0, 0.05) is 27.7 Å². The van der Waals surface area contributed by atoms with Gasteiger partial charge in [-0.05, 0) is 115 Å². The molecule has 0 spiro atoms. The largest absolute Gasteiger partial charge is 0.456 e. The highest BCUT2D eigenvalue weighted by molar-refractivity contribution is 6.14. The van der Waals surface area contributed by atoms with Gasteiger partial charge in [0.05, 0.1) is 5.69 Å². The van der Waals surface area contributed by atoms with Crippen molar-refractivity contribution in [3.63, 3.8) is 0 Å². The Balaban J connectivity index is 1.09. The number of anilines is 3. The Hall–Kier alpha value is -7.42. The second kappa shape index (κ2) is 13.2. The smallest absolute Gasteiger partial charge is 0.135 e. The highest BCUT2D eigenvalue weighted by Crippen LogP contribution is 2.44. The van der Waals surface area contributed by atoms with Crippen molar-refractivity contribution in [1.29, 1.82) is 0 Å². The van der Waals surface area contributed by atoms with E-state index >= 15 is 0 Å². The molecule has 10 aromatic carbocycles. The quantitative estimate of drug-likeness (QED) is 0.160. The van der Waals surface area contributed by atoms with Crippen LogP contribution >= 0.6 is 0 Å². The molecule has 11 aromatic rings. The number of hydrogen-bond acceptors (Lipinski definition) is 2. The Labute approximate surface area is 325 Å². The van der Waals surface area contributed by atoms with Gasteiger partial charge in [-0.15, -0.1) is 0 Å². The Morgan fingerprint density at radius 3 is 1.73 bits per heavy atom. The van der Waals surface area contributed by atoms with Crippen LogP contribution in [0.1, 0.15) is 0 Å². The fourth-order valence-corrected chi connectivity index (χ4v) is 8.61. The Morgan fingerprint density at radius 2 is 0.875 bits per heavy atom. The van der Waals surface area contributed by atoms with Crippen molar-refractivity contribution in [3.05, 3.63) is 212 Å². The lowest BCUT2D eigenvalue weighted by molar-refractivity contribution is 0.669. The van der Waals surface area contributed by atoms with Crippen LogP contribution in [0.5, 0.6) is 0 Å². The maximum Gasteiger partial charge on any atom is 0.135 e. The first-order valence-electron chi connectivity index (χ1n) is 19.2. The van der Waals surface area contributed by atoms with Crippen LogP contribution in [0.2, 0.25) is 0 Å². The van der Waals surface area contributed by atoms with Crippen LogP contribution in [-0.2, 0) is 0 Å². The van der Waals surface area contributed by atoms with Crippen molar-refractivity contribution in [2.24, 2.45) is 0 Å². The average Bonchev–Trinajstić information content (AvgIpc) is 3.65. The van der Waals surface area contributed by atoms with Crippen molar-refractivity contribution in [2.45, 2.75) is 0 Å². The number of rotatable bonds is 6. The standard InChI is InChI=1S/C54H35NO/c1-3-18-43-36(13-1)15-12-24-44(43)38-16-11-17-39(33-38)46-20-7-9-25-52(46)55(42-31-32-54-51(35-42)49-23-8-10-26-53(49)56-54)41-29-27-37(28-30-41)50-34-40-14-2-4-19-45(40)47-21-5-6-22-48(47)50/h1-35H. The number of para-hydroxylation sites is 2. The van der Waals surface area contributed by atoms with Crippen LogP contribution in [0.25, 0.3) is 87.6 Å². The Bertz CT molecular complexity index is 3260. The normalized spacial score (nSPS) is 11.6. The zero-order valence-corrected chi connectivity index (χ0v) is 30.6. The summed E-state index contributed by atoms with van der Waals surface area (Å²) in [4.78, 5) is 2.39. The summed E-state index contributed by atoms with van der Waals surface area (Å²) in [6.45, 7) is 0. The molecule has 0 atom stereocenters. The third-order valence-corrected chi connectivity index (χ3v) is 11.2. The second-order valence-corrected chi connectivity index (χ2v) is 14.5. The molecule has 0 radical (unpaired) electrons. The lowest BCUT2D eigenvalue weighted by Gasteiger charge is -2.28. The molecule has 0 saturated heterocycles. The zero-order chi connectivity index (χ0) is 37.0. The van der Waals surface area contributed by atoms with E-state index in [1.54, 1.807) is 0 Å². The predicted molar refractivity (Wildman–Crippen MR) is 237 cm³/mol. The molecule has 0 N–H and O–H groups in total.